The van der Waals surface area contributed by atoms with E-state index < -0.39 is 40.3 Å². The Morgan fingerprint density at radius 1 is 1.28 bits per heavy atom. The smallest absolute Gasteiger partial charge is 0.356 e. The molecule has 0 unspecified atom stereocenters. The minimum Gasteiger partial charge on any atom is -0.464 e. The van der Waals surface area contributed by atoms with Crippen LogP contribution in [-0.4, -0.2) is 30.3 Å². The van der Waals surface area contributed by atoms with Gasteiger partial charge in [-0.25, -0.2) is 18.6 Å². The van der Waals surface area contributed by atoms with E-state index in [4.69, 9.17) is 11.6 Å². The summed E-state index contributed by atoms with van der Waals surface area (Å²) in [5.74, 6) is -3.72. The Hall–Kier alpha value is -2.87. The highest BCUT2D eigenvalue weighted by Crippen LogP contribution is 2.32. The quantitative estimate of drug-likeness (QED) is 0.661. The van der Waals surface area contributed by atoms with Crippen molar-refractivity contribution >= 4 is 35.5 Å². The van der Waals surface area contributed by atoms with Crippen LogP contribution >= 0.6 is 11.6 Å². The van der Waals surface area contributed by atoms with Gasteiger partial charge >= 0.3 is 5.97 Å². The third-order valence-corrected chi connectivity index (χ3v) is 3.49. The molecule has 1 amide bonds. The molecule has 25 heavy (non-hydrogen) atoms. The highest BCUT2D eigenvalue weighted by molar-refractivity contribution is 6.33. The molecular formula is C16H11ClF2N2O4. The minimum atomic E-state index is -1.11. The molecule has 6 nitrogen and oxygen atoms in total. The maximum Gasteiger partial charge on any atom is 0.356 e. The van der Waals surface area contributed by atoms with Gasteiger partial charge in [0.2, 0.25) is 5.91 Å². The van der Waals surface area contributed by atoms with Crippen molar-refractivity contribution in [1.82, 2.24) is 4.98 Å². The number of nitrogens with zero attached hydrogens (tertiary/aromatic N) is 1. The summed E-state index contributed by atoms with van der Waals surface area (Å²) in [5, 5.41) is 2.02. The molecule has 9 heteroatoms. The molecule has 1 heterocycles. The zero-order valence-electron chi connectivity index (χ0n) is 13.0. The van der Waals surface area contributed by atoms with Gasteiger partial charge in [0.05, 0.1) is 23.4 Å². The van der Waals surface area contributed by atoms with Crippen LogP contribution in [0.15, 0.2) is 18.2 Å². The predicted molar refractivity (Wildman–Crippen MR) is 85.6 cm³/mol. The van der Waals surface area contributed by atoms with Crippen LogP contribution in [0.2, 0.25) is 5.02 Å². The third-order valence-electron chi connectivity index (χ3n) is 3.16. The average molecular weight is 369 g/mol. The number of methoxy groups -OCH3 is 1. The lowest BCUT2D eigenvalue weighted by Gasteiger charge is -2.12. The molecule has 0 aliphatic heterocycles. The second-order valence-corrected chi connectivity index (χ2v) is 5.24. The summed E-state index contributed by atoms with van der Waals surface area (Å²) in [6.45, 7) is 1.13. The van der Waals surface area contributed by atoms with E-state index in [1.807, 2.05) is 0 Å². The van der Waals surface area contributed by atoms with Gasteiger partial charge in [-0.05, 0) is 18.2 Å². The number of aldehydes is 1. The van der Waals surface area contributed by atoms with E-state index in [1.165, 1.54) is 6.07 Å². The number of rotatable bonds is 4. The molecule has 1 aromatic carbocycles. The first-order valence-corrected chi connectivity index (χ1v) is 7.18. The number of hydrogen-bond donors (Lipinski definition) is 1. The Labute approximate surface area is 145 Å². The standard InChI is InChI=1S/C16H11ClF2N2O4/c1-7(23)20-11-5-12(16(24)25-2)21-15(14(11)19)8-3-4-10(17)9(6-22)13(8)18/h3-6H,1-2H3,(H,20,21,23). The molecule has 0 saturated heterocycles. The Morgan fingerprint density at radius 3 is 2.52 bits per heavy atom. The number of aromatic nitrogens is 1. The summed E-state index contributed by atoms with van der Waals surface area (Å²) < 4.78 is 33.7. The van der Waals surface area contributed by atoms with E-state index in [-0.39, 0.29) is 22.7 Å². The van der Waals surface area contributed by atoms with E-state index in [0.29, 0.717) is 0 Å². The molecule has 2 aromatic rings. The van der Waals surface area contributed by atoms with Crippen molar-refractivity contribution in [3.05, 3.63) is 46.1 Å². The van der Waals surface area contributed by atoms with Gasteiger partial charge in [-0.2, -0.15) is 0 Å². The topological polar surface area (TPSA) is 85.4 Å². The van der Waals surface area contributed by atoms with E-state index >= 15 is 0 Å². The first-order chi connectivity index (χ1) is 11.8. The molecule has 0 saturated carbocycles. The van der Waals surface area contributed by atoms with Gasteiger partial charge in [0, 0.05) is 12.5 Å². The number of carbonyl (C=O) groups excluding carboxylic acids is 3. The molecule has 2 rings (SSSR count). The molecule has 0 aliphatic carbocycles. The summed E-state index contributed by atoms with van der Waals surface area (Å²) in [4.78, 5) is 37.7. The van der Waals surface area contributed by atoms with Gasteiger partial charge in [-0.3, -0.25) is 9.59 Å². The maximum atomic E-state index is 14.7. The lowest BCUT2D eigenvalue weighted by atomic mass is 10.0. The lowest BCUT2D eigenvalue weighted by Crippen LogP contribution is -2.13. The van der Waals surface area contributed by atoms with Crippen LogP contribution in [0.4, 0.5) is 14.5 Å². The number of anilines is 1. The predicted octanol–water partition coefficient (Wildman–Crippen LogP) is 3.24. The zero-order chi connectivity index (χ0) is 18.7. The molecule has 130 valence electrons. The first kappa shape index (κ1) is 18.5. The maximum absolute atomic E-state index is 14.7. The van der Waals surface area contributed by atoms with Crippen LogP contribution in [0.25, 0.3) is 11.3 Å². The number of carbonyl (C=O) groups is 3. The van der Waals surface area contributed by atoms with Gasteiger partial charge in [0.1, 0.15) is 11.5 Å². The first-order valence-electron chi connectivity index (χ1n) is 6.80. The van der Waals surface area contributed by atoms with Crippen LogP contribution < -0.4 is 5.32 Å². The van der Waals surface area contributed by atoms with Gasteiger partial charge in [-0.1, -0.05) is 11.6 Å². The summed E-state index contributed by atoms with van der Waals surface area (Å²) in [5.41, 5.74) is -2.21. The van der Waals surface area contributed by atoms with Crippen LogP contribution in [-0.2, 0) is 9.53 Å². The van der Waals surface area contributed by atoms with Gasteiger partial charge in [-0.15, -0.1) is 0 Å². The molecule has 0 fully saturated rings. The number of halogens is 3. The number of pyridine rings is 1. The SMILES string of the molecule is COC(=O)c1cc(NC(C)=O)c(F)c(-c2ccc(Cl)c(C=O)c2F)n1. The number of ether oxygens (including phenoxy) is 1. The van der Waals surface area contributed by atoms with Crippen LogP contribution in [0.1, 0.15) is 27.8 Å². The van der Waals surface area contributed by atoms with Crippen molar-refractivity contribution in [2.75, 3.05) is 12.4 Å². The number of benzene rings is 1. The normalized spacial score (nSPS) is 10.3. The molecule has 0 radical (unpaired) electrons. The second-order valence-electron chi connectivity index (χ2n) is 4.83. The molecule has 1 N–H and O–H groups in total. The van der Waals surface area contributed by atoms with Gasteiger partial charge in [0.15, 0.2) is 17.8 Å². The highest BCUT2D eigenvalue weighted by Gasteiger charge is 2.23. The number of hydrogen-bond acceptors (Lipinski definition) is 5. The molecule has 0 spiro atoms. The Kier molecular flexibility index (Phi) is 5.43. The fraction of sp³-hybridized carbons (Fsp3) is 0.125. The number of nitrogens with one attached hydrogen (secondary N) is 1. The van der Waals surface area contributed by atoms with Crippen molar-refractivity contribution in [2.24, 2.45) is 0 Å². The Balaban J connectivity index is 2.78. The molecule has 0 bridgehead atoms. The van der Waals surface area contributed by atoms with E-state index in [9.17, 15) is 23.2 Å². The highest BCUT2D eigenvalue weighted by atomic mass is 35.5. The molecule has 0 atom stereocenters. The van der Waals surface area contributed by atoms with Crippen LogP contribution in [0.3, 0.4) is 0 Å². The average Bonchev–Trinajstić information content (AvgIpc) is 2.56. The van der Waals surface area contributed by atoms with Crippen molar-refractivity contribution in [3.8, 4) is 11.3 Å². The summed E-state index contributed by atoms with van der Waals surface area (Å²) in [6.07, 6.45) is 0.179. The van der Waals surface area contributed by atoms with E-state index in [1.54, 1.807) is 0 Å². The lowest BCUT2D eigenvalue weighted by molar-refractivity contribution is -0.114. The fourth-order valence-electron chi connectivity index (χ4n) is 2.06. The molecular weight excluding hydrogens is 358 g/mol. The monoisotopic (exact) mass is 368 g/mol. The number of esters is 1. The van der Waals surface area contributed by atoms with E-state index in [0.717, 1.165) is 26.2 Å². The summed E-state index contributed by atoms with van der Waals surface area (Å²) in [7, 11) is 1.08. The van der Waals surface area contributed by atoms with Crippen molar-refractivity contribution < 1.29 is 27.9 Å². The summed E-state index contributed by atoms with van der Waals surface area (Å²) >= 11 is 5.72. The van der Waals surface area contributed by atoms with Crippen molar-refractivity contribution in [1.29, 1.82) is 0 Å². The fourth-order valence-corrected chi connectivity index (χ4v) is 2.25. The minimum absolute atomic E-state index is 0.164. The zero-order valence-corrected chi connectivity index (χ0v) is 13.8. The Bertz CT molecular complexity index is 887. The van der Waals surface area contributed by atoms with Crippen LogP contribution in [0.5, 0.6) is 0 Å². The number of amides is 1. The van der Waals surface area contributed by atoms with Crippen LogP contribution in [0, 0.1) is 11.6 Å². The molecule has 0 aliphatic rings. The van der Waals surface area contributed by atoms with Crippen molar-refractivity contribution in [3.63, 3.8) is 0 Å². The third kappa shape index (κ3) is 3.63. The Morgan fingerprint density at radius 2 is 1.96 bits per heavy atom. The largest absolute Gasteiger partial charge is 0.464 e. The summed E-state index contributed by atoms with van der Waals surface area (Å²) in [6, 6.07) is 3.25. The molecule has 1 aromatic heterocycles. The van der Waals surface area contributed by atoms with Gasteiger partial charge in [0.25, 0.3) is 0 Å². The van der Waals surface area contributed by atoms with Crippen molar-refractivity contribution in [2.45, 2.75) is 6.92 Å². The van der Waals surface area contributed by atoms with Gasteiger partial charge < -0.3 is 10.1 Å². The second kappa shape index (κ2) is 7.35. The van der Waals surface area contributed by atoms with E-state index in [2.05, 4.69) is 15.0 Å².